The molecule has 1 aromatic rings. The number of ether oxygens (including phenoxy) is 1. The zero-order valence-electron chi connectivity index (χ0n) is 12.9. The number of fused-ring (bicyclic) bond motifs is 3. The first-order chi connectivity index (χ1) is 11.1. The average molecular weight is 313 g/mol. The van der Waals surface area contributed by atoms with Crippen molar-refractivity contribution >= 4 is 17.4 Å². The van der Waals surface area contributed by atoms with Gasteiger partial charge in [0.05, 0.1) is 12.6 Å². The van der Waals surface area contributed by atoms with Crippen LogP contribution in [-0.4, -0.2) is 18.3 Å². The lowest BCUT2D eigenvalue weighted by Crippen LogP contribution is -2.51. The molecule has 0 aromatic heterocycles. The Morgan fingerprint density at radius 1 is 1.26 bits per heavy atom. The van der Waals surface area contributed by atoms with Crippen LogP contribution in [0.4, 0.5) is 5.69 Å². The number of nitrogens with one attached hydrogen (secondary N) is 3. The van der Waals surface area contributed by atoms with Crippen LogP contribution in [0, 0.1) is 5.92 Å². The van der Waals surface area contributed by atoms with Gasteiger partial charge in [-0.15, -0.1) is 0 Å². The first-order valence-electron chi connectivity index (χ1n) is 7.93. The Bertz CT molecular complexity index is 726. The number of rotatable bonds is 2. The molecule has 120 valence electrons. The molecule has 4 rings (SSSR count). The molecule has 1 saturated heterocycles. The number of hydrogen-bond acceptors (Lipinski definition) is 5. The predicted octanol–water partition coefficient (Wildman–Crippen LogP) is 1.81. The molecule has 0 bridgehead atoms. The second kappa shape index (κ2) is 5.38. The van der Waals surface area contributed by atoms with Gasteiger partial charge in [-0.25, -0.2) is 5.43 Å². The summed E-state index contributed by atoms with van der Waals surface area (Å²) in [6.07, 6.45) is 1.83. The van der Waals surface area contributed by atoms with Crippen LogP contribution in [0.25, 0.3) is 0 Å². The molecule has 0 radical (unpaired) electrons. The summed E-state index contributed by atoms with van der Waals surface area (Å²) in [5, 5.41) is 3.34. The summed E-state index contributed by atoms with van der Waals surface area (Å²) in [6, 6.07) is 6.06. The first-order valence-corrected chi connectivity index (χ1v) is 7.93. The zero-order chi connectivity index (χ0) is 16.0. The topological polar surface area (TPSA) is 79.5 Å². The minimum absolute atomic E-state index is 0.00454. The van der Waals surface area contributed by atoms with Gasteiger partial charge in [0.1, 0.15) is 5.75 Å². The van der Waals surface area contributed by atoms with E-state index in [4.69, 9.17) is 4.74 Å². The van der Waals surface area contributed by atoms with Crippen LogP contribution >= 0.6 is 0 Å². The molecule has 3 N–H and O–H groups in total. The van der Waals surface area contributed by atoms with Crippen molar-refractivity contribution in [1.82, 2.24) is 10.9 Å². The van der Waals surface area contributed by atoms with E-state index >= 15 is 0 Å². The Kier molecular flexibility index (Phi) is 3.34. The lowest BCUT2D eigenvalue weighted by molar-refractivity contribution is -0.126. The number of benzene rings is 1. The fourth-order valence-corrected chi connectivity index (χ4v) is 3.47. The third-order valence-corrected chi connectivity index (χ3v) is 4.86. The van der Waals surface area contributed by atoms with Gasteiger partial charge in [0, 0.05) is 47.3 Å². The van der Waals surface area contributed by atoms with Crippen molar-refractivity contribution in [1.29, 1.82) is 0 Å². The Morgan fingerprint density at radius 2 is 2.13 bits per heavy atom. The number of anilines is 1. The number of Topliss-reactive ketones (excluding diaryl/α,β-unsaturated/α-hetero) is 1. The summed E-state index contributed by atoms with van der Waals surface area (Å²) in [7, 11) is 0. The molecule has 6 nitrogen and oxygen atoms in total. The van der Waals surface area contributed by atoms with E-state index in [2.05, 4.69) is 16.2 Å². The van der Waals surface area contributed by atoms with Crippen molar-refractivity contribution in [2.75, 3.05) is 11.9 Å². The van der Waals surface area contributed by atoms with Gasteiger partial charge in [-0.2, -0.15) is 0 Å². The molecular formula is C17H19N3O3. The van der Waals surface area contributed by atoms with Gasteiger partial charge in [0.25, 0.3) is 0 Å². The molecule has 1 amide bonds. The minimum atomic E-state index is 0.00454. The Hall–Kier alpha value is -2.34. The summed E-state index contributed by atoms with van der Waals surface area (Å²) in [6.45, 7) is 2.40. The number of amides is 1. The normalized spacial score (nSPS) is 26.3. The molecule has 0 saturated carbocycles. The van der Waals surface area contributed by atoms with E-state index in [9.17, 15) is 9.59 Å². The third-order valence-electron chi connectivity index (χ3n) is 4.86. The summed E-state index contributed by atoms with van der Waals surface area (Å²) in [4.78, 5) is 23.1. The molecule has 2 atom stereocenters. The largest absolute Gasteiger partial charge is 0.493 e. The zero-order valence-corrected chi connectivity index (χ0v) is 12.9. The highest BCUT2D eigenvalue weighted by molar-refractivity contribution is 5.98. The smallest absolute Gasteiger partial charge is 0.234 e. The van der Waals surface area contributed by atoms with Crippen molar-refractivity contribution < 1.29 is 14.3 Å². The van der Waals surface area contributed by atoms with Crippen LogP contribution in [0.1, 0.15) is 37.8 Å². The van der Waals surface area contributed by atoms with E-state index < -0.39 is 0 Å². The van der Waals surface area contributed by atoms with E-state index in [1.807, 2.05) is 25.1 Å². The Balaban J connectivity index is 1.58. The van der Waals surface area contributed by atoms with Crippen LogP contribution in [0.2, 0.25) is 0 Å². The molecule has 2 aliphatic heterocycles. The Morgan fingerprint density at radius 3 is 2.91 bits per heavy atom. The van der Waals surface area contributed by atoms with Crippen LogP contribution in [0.15, 0.2) is 29.5 Å². The molecule has 1 aliphatic carbocycles. The molecule has 6 heteroatoms. The SMILES string of the molecule is CC1=C(Nc2ccc3c(c2)OCC2CC(=O)NNC32)CCC1=O. The maximum Gasteiger partial charge on any atom is 0.234 e. The Labute approximate surface area is 134 Å². The summed E-state index contributed by atoms with van der Waals surface area (Å²) in [5.74, 6) is 1.20. The van der Waals surface area contributed by atoms with E-state index in [-0.39, 0.29) is 23.7 Å². The number of carbonyl (C=O) groups is 2. The van der Waals surface area contributed by atoms with E-state index in [0.717, 1.165) is 34.7 Å². The maximum atomic E-state index is 11.6. The van der Waals surface area contributed by atoms with Crippen molar-refractivity contribution in [2.24, 2.45) is 5.92 Å². The van der Waals surface area contributed by atoms with Crippen molar-refractivity contribution in [2.45, 2.75) is 32.2 Å². The fraction of sp³-hybridized carbons (Fsp3) is 0.412. The van der Waals surface area contributed by atoms with E-state index in [1.54, 1.807) is 0 Å². The molecule has 2 unspecified atom stereocenters. The van der Waals surface area contributed by atoms with Gasteiger partial charge in [0.15, 0.2) is 5.78 Å². The van der Waals surface area contributed by atoms with Gasteiger partial charge in [-0.1, -0.05) is 6.07 Å². The molecule has 2 heterocycles. The van der Waals surface area contributed by atoms with Crippen LogP contribution in [0.3, 0.4) is 0 Å². The lowest BCUT2D eigenvalue weighted by atomic mass is 9.87. The number of hydrazine groups is 1. The van der Waals surface area contributed by atoms with Gasteiger partial charge in [-0.3, -0.25) is 15.0 Å². The van der Waals surface area contributed by atoms with Crippen molar-refractivity contribution in [3.8, 4) is 5.75 Å². The first kappa shape index (κ1) is 14.3. The summed E-state index contributed by atoms with van der Waals surface area (Å²) in [5.41, 5.74) is 9.57. The minimum Gasteiger partial charge on any atom is -0.493 e. The van der Waals surface area contributed by atoms with E-state index in [0.29, 0.717) is 19.4 Å². The van der Waals surface area contributed by atoms with Gasteiger partial charge < -0.3 is 10.1 Å². The molecule has 1 aromatic carbocycles. The quantitative estimate of drug-likeness (QED) is 0.776. The average Bonchev–Trinajstić information content (AvgIpc) is 2.86. The fourth-order valence-electron chi connectivity index (χ4n) is 3.47. The van der Waals surface area contributed by atoms with Gasteiger partial charge in [-0.05, 0) is 19.4 Å². The maximum absolute atomic E-state index is 11.6. The second-order valence-electron chi connectivity index (χ2n) is 6.35. The molecule has 0 spiro atoms. The number of carbonyl (C=O) groups excluding carboxylic acids is 2. The van der Waals surface area contributed by atoms with Crippen LogP contribution in [-0.2, 0) is 9.59 Å². The second-order valence-corrected chi connectivity index (χ2v) is 6.35. The summed E-state index contributed by atoms with van der Waals surface area (Å²) >= 11 is 0. The van der Waals surface area contributed by atoms with Crippen molar-refractivity contribution in [3.63, 3.8) is 0 Å². The van der Waals surface area contributed by atoms with Crippen LogP contribution in [0.5, 0.6) is 5.75 Å². The van der Waals surface area contributed by atoms with Crippen molar-refractivity contribution in [3.05, 3.63) is 35.0 Å². The summed E-state index contributed by atoms with van der Waals surface area (Å²) < 4.78 is 5.85. The number of hydrogen-bond donors (Lipinski definition) is 3. The highest BCUT2D eigenvalue weighted by Crippen LogP contribution is 2.39. The standard InChI is InChI=1S/C17H19N3O3/c1-9-13(4-5-14(9)21)18-11-2-3-12-15(7-11)23-8-10-6-16(22)19-20-17(10)12/h2-3,7,10,17-18,20H,4-6,8H2,1H3,(H,19,22). The van der Waals surface area contributed by atoms with Gasteiger partial charge in [0.2, 0.25) is 5.91 Å². The number of allylic oxidation sites excluding steroid dienone is 2. The third kappa shape index (κ3) is 2.49. The molecular weight excluding hydrogens is 294 g/mol. The number of ketones is 1. The molecule has 1 fully saturated rings. The van der Waals surface area contributed by atoms with Gasteiger partial charge >= 0.3 is 0 Å². The van der Waals surface area contributed by atoms with Crippen LogP contribution < -0.4 is 20.9 Å². The molecule has 3 aliphatic rings. The predicted molar refractivity (Wildman–Crippen MR) is 84.6 cm³/mol. The van der Waals surface area contributed by atoms with E-state index in [1.165, 1.54) is 0 Å². The highest BCUT2D eigenvalue weighted by Gasteiger charge is 2.35. The monoisotopic (exact) mass is 313 g/mol. The molecule has 23 heavy (non-hydrogen) atoms. The highest BCUT2D eigenvalue weighted by atomic mass is 16.5. The lowest BCUT2D eigenvalue weighted by Gasteiger charge is -2.37.